The van der Waals surface area contributed by atoms with Crippen LogP contribution in [0.15, 0.2) is 24.3 Å². The normalized spacial score (nSPS) is 20.6. The Morgan fingerprint density at radius 3 is 3.00 bits per heavy atom. The van der Waals surface area contributed by atoms with E-state index in [1.165, 1.54) is 11.9 Å². The van der Waals surface area contributed by atoms with E-state index in [9.17, 15) is 0 Å². The Hall–Kier alpha value is -1.39. The maximum absolute atomic E-state index is 5.85. The lowest BCUT2D eigenvalue weighted by Crippen LogP contribution is -2.41. The zero-order chi connectivity index (χ0) is 13.9. The molecule has 108 valence electrons. The zero-order valence-corrected chi connectivity index (χ0v) is 12.3. The molecule has 4 heteroatoms. The van der Waals surface area contributed by atoms with Gasteiger partial charge < -0.3 is 14.6 Å². The second-order valence-corrected chi connectivity index (χ2v) is 5.50. The standard InChI is InChI=1S/C16H23N3O/c1-3-17-13(15-9-6-10-20-15)11-16-18-12-7-4-5-8-14(12)19(16)2/h4-5,7-8,13,15,17H,3,6,9-11H2,1-2H3. The van der Waals surface area contributed by atoms with Crippen LogP contribution in [0.3, 0.4) is 0 Å². The van der Waals surface area contributed by atoms with Gasteiger partial charge in [-0.15, -0.1) is 0 Å². The molecule has 0 spiro atoms. The highest BCUT2D eigenvalue weighted by molar-refractivity contribution is 5.75. The smallest absolute Gasteiger partial charge is 0.111 e. The number of fused-ring (bicyclic) bond motifs is 1. The number of para-hydroxylation sites is 2. The summed E-state index contributed by atoms with van der Waals surface area (Å²) in [6.07, 6.45) is 3.58. The molecule has 0 aliphatic carbocycles. The van der Waals surface area contributed by atoms with E-state index in [1.807, 2.05) is 6.07 Å². The third kappa shape index (κ3) is 2.58. The highest BCUT2D eigenvalue weighted by Gasteiger charge is 2.26. The molecule has 1 fully saturated rings. The first kappa shape index (κ1) is 13.6. The second-order valence-electron chi connectivity index (χ2n) is 5.50. The van der Waals surface area contributed by atoms with E-state index < -0.39 is 0 Å². The predicted octanol–water partition coefficient (Wildman–Crippen LogP) is 2.27. The number of hydrogen-bond acceptors (Lipinski definition) is 3. The minimum absolute atomic E-state index is 0.328. The first-order chi connectivity index (χ1) is 9.79. The maximum Gasteiger partial charge on any atom is 0.111 e. The summed E-state index contributed by atoms with van der Waals surface area (Å²) in [6.45, 7) is 4.01. The van der Waals surface area contributed by atoms with Gasteiger partial charge in [-0.1, -0.05) is 19.1 Å². The van der Waals surface area contributed by atoms with Gasteiger partial charge in [-0.25, -0.2) is 4.98 Å². The van der Waals surface area contributed by atoms with Gasteiger partial charge >= 0.3 is 0 Å². The van der Waals surface area contributed by atoms with Gasteiger partial charge in [0.1, 0.15) is 5.82 Å². The number of benzene rings is 1. The number of likely N-dealkylation sites (N-methyl/N-ethyl adjacent to an activating group) is 1. The van der Waals surface area contributed by atoms with E-state index in [0.29, 0.717) is 12.1 Å². The molecule has 0 saturated carbocycles. The minimum Gasteiger partial charge on any atom is -0.377 e. The summed E-state index contributed by atoms with van der Waals surface area (Å²) in [4.78, 5) is 4.77. The quantitative estimate of drug-likeness (QED) is 0.908. The van der Waals surface area contributed by atoms with Gasteiger partial charge in [-0.2, -0.15) is 0 Å². The molecule has 0 amide bonds. The third-order valence-corrected chi connectivity index (χ3v) is 4.16. The maximum atomic E-state index is 5.85. The molecule has 0 radical (unpaired) electrons. The molecule has 1 N–H and O–H groups in total. The number of imidazole rings is 1. The lowest BCUT2D eigenvalue weighted by molar-refractivity contribution is 0.0781. The Morgan fingerprint density at radius 1 is 1.45 bits per heavy atom. The summed E-state index contributed by atoms with van der Waals surface area (Å²) in [5.41, 5.74) is 2.28. The van der Waals surface area contributed by atoms with Gasteiger partial charge in [-0.05, 0) is 31.5 Å². The average Bonchev–Trinajstić information content (AvgIpc) is 3.08. The third-order valence-electron chi connectivity index (χ3n) is 4.16. The minimum atomic E-state index is 0.328. The van der Waals surface area contributed by atoms with Crippen molar-refractivity contribution < 1.29 is 4.74 Å². The van der Waals surface area contributed by atoms with Crippen LogP contribution in [-0.2, 0) is 18.2 Å². The molecule has 2 unspecified atom stereocenters. The molecule has 2 heterocycles. The fourth-order valence-electron chi connectivity index (χ4n) is 3.09. The fourth-order valence-corrected chi connectivity index (χ4v) is 3.09. The highest BCUT2D eigenvalue weighted by Crippen LogP contribution is 2.20. The largest absolute Gasteiger partial charge is 0.377 e. The Kier molecular flexibility index (Phi) is 4.03. The first-order valence-electron chi connectivity index (χ1n) is 7.55. The van der Waals surface area contributed by atoms with Crippen LogP contribution in [0.5, 0.6) is 0 Å². The van der Waals surface area contributed by atoms with Crippen molar-refractivity contribution in [3.63, 3.8) is 0 Å². The van der Waals surface area contributed by atoms with Crippen molar-refractivity contribution in [2.45, 2.75) is 38.3 Å². The zero-order valence-electron chi connectivity index (χ0n) is 12.3. The summed E-state index contributed by atoms with van der Waals surface area (Å²) in [5, 5.41) is 3.57. The molecule has 2 aromatic rings. The van der Waals surface area contributed by atoms with Crippen molar-refractivity contribution in [1.82, 2.24) is 14.9 Å². The summed E-state index contributed by atoms with van der Waals surface area (Å²) < 4.78 is 8.06. The average molecular weight is 273 g/mol. The van der Waals surface area contributed by atoms with E-state index in [-0.39, 0.29) is 0 Å². The molecule has 2 atom stereocenters. The van der Waals surface area contributed by atoms with Gasteiger partial charge in [0.25, 0.3) is 0 Å². The van der Waals surface area contributed by atoms with Crippen LogP contribution in [0, 0.1) is 0 Å². The lowest BCUT2D eigenvalue weighted by Gasteiger charge is -2.23. The molecular formula is C16H23N3O. The van der Waals surface area contributed by atoms with E-state index in [4.69, 9.17) is 9.72 Å². The highest BCUT2D eigenvalue weighted by atomic mass is 16.5. The molecule has 1 aliphatic heterocycles. The second kappa shape index (κ2) is 5.94. The van der Waals surface area contributed by atoms with Crippen LogP contribution >= 0.6 is 0 Å². The number of aromatic nitrogens is 2. The van der Waals surface area contributed by atoms with Crippen molar-refractivity contribution in [2.24, 2.45) is 7.05 Å². The van der Waals surface area contributed by atoms with Gasteiger partial charge in [-0.3, -0.25) is 0 Å². The summed E-state index contributed by atoms with van der Waals surface area (Å²) in [7, 11) is 2.10. The number of nitrogens with one attached hydrogen (secondary N) is 1. The number of ether oxygens (including phenoxy) is 1. The van der Waals surface area contributed by atoms with Crippen molar-refractivity contribution in [3.8, 4) is 0 Å². The van der Waals surface area contributed by atoms with Crippen LogP contribution in [0.25, 0.3) is 11.0 Å². The van der Waals surface area contributed by atoms with Gasteiger partial charge in [0.05, 0.1) is 17.1 Å². The number of nitrogens with zero attached hydrogens (tertiary/aromatic N) is 2. The molecule has 1 aliphatic rings. The summed E-state index contributed by atoms with van der Waals surface area (Å²) >= 11 is 0. The Bertz CT molecular complexity index is 572. The molecule has 20 heavy (non-hydrogen) atoms. The van der Waals surface area contributed by atoms with Crippen molar-refractivity contribution in [1.29, 1.82) is 0 Å². The SMILES string of the molecule is CCNC(Cc1nc2ccccc2n1C)C1CCCO1. The number of hydrogen-bond donors (Lipinski definition) is 1. The van der Waals surface area contributed by atoms with Gasteiger partial charge in [0, 0.05) is 26.1 Å². The molecule has 1 saturated heterocycles. The molecule has 0 bridgehead atoms. The summed E-state index contributed by atoms with van der Waals surface area (Å²) in [5.74, 6) is 1.13. The molecular weight excluding hydrogens is 250 g/mol. The van der Waals surface area contributed by atoms with Crippen LogP contribution in [-0.4, -0.2) is 34.8 Å². The monoisotopic (exact) mass is 273 g/mol. The molecule has 1 aromatic carbocycles. The van der Waals surface area contributed by atoms with E-state index in [0.717, 1.165) is 37.3 Å². The lowest BCUT2D eigenvalue weighted by atomic mass is 10.0. The topological polar surface area (TPSA) is 39.1 Å². The van der Waals surface area contributed by atoms with Crippen LogP contribution in [0.2, 0.25) is 0 Å². The molecule has 1 aromatic heterocycles. The fraction of sp³-hybridized carbons (Fsp3) is 0.562. The molecule has 3 rings (SSSR count). The number of aryl methyl sites for hydroxylation is 1. The molecule has 4 nitrogen and oxygen atoms in total. The Labute approximate surface area is 120 Å². The van der Waals surface area contributed by atoms with Crippen molar-refractivity contribution in [3.05, 3.63) is 30.1 Å². The first-order valence-corrected chi connectivity index (χ1v) is 7.55. The van der Waals surface area contributed by atoms with E-state index >= 15 is 0 Å². The predicted molar refractivity (Wildman–Crippen MR) is 80.9 cm³/mol. The van der Waals surface area contributed by atoms with Gasteiger partial charge in [0.2, 0.25) is 0 Å². The Morgan fingerprint density at radius 2 is 2.30 bits per heavy atom. The van der Waals surface area contributed by atoms with Gasteiger partial charge in [0.15, 0.2) is 0 Å². The van der Waals surface area contributed by atoms with E-state index in [2.05, 4.69) is 42.1 Å². The number of rotatable bonds is 5. The summed E-state index contributed by atoms with van der Waals surface area (Å²) in [6, 6.07) is 8.67. The van der Waals surface area contributed by atoms with E-state index in [1.54, 1.807) is 0 Å². The Balaban J connectivity index is 1.84. The van der Waals surface area contributed by atoms with Crippen molar-refractivity contribution >= 4 is 11.0 Å². The van der Waals surface area contributed by atoms with Crippen LogP contribution in [0.1, 0.15) is 25.6 Å². The van der Waals surface area contributed by atoms with Crippen LogP contribution in [0.4, 0.5) is 0 Å². The van der Waals surface area contributed by atoms with Crippen LogP contribution < -0.4 is 5.32 Å². The van der Waals surface area contributed by atoms with Crippen molar-refractivity contribution in [2.75, 3.05) is 13.2 Å².